The molecule has 0 bridgehead atoms. The van der Waals surface area contributed by atoms with Gasteiger partial charge in [-0.15, -0.1) is 0 Å². The number of methoxy groups -OCH3 is 2. The van der Waals surface area contributed by atoms with Crippen molar-refractivity contribution in [2.24, 2.45) is 0 Å². The lowest BCUT2D eigenvalue weighted by molar-refractivity contribution is -0.135. The normalized spacial score (nSPS) is 14.6. The molecular weight excluding hydrogens is 363 g/mol. The number of nitrogens with zero attached hydrogens (tertiary/aromatic N) is 2. The Hall–Kier alpha value is -2.80. The van der Waals surface area contributed by atoms with Crippen LogP contribution in [0.2, 0.25) is 0 Å². The molecule has 1 saturated heterocycles. The van der Waals surface area contributed by atoms with Gasteiger partial charge in [0.25, 0.3) is 5.91 Å². The van der Waals surface area contributed by atoms with E-state index in [1.807, 2.05) is 18.2 Å². The molecule has 2 aromatic carbocycles. The predicted molar refractivity (Wildman–Crippen MR) is 103 cm³/mol. The van der Waals surface area contributed by atoms with Crippen molar-refractivity contribution in [1.82, 2.24) is 9.80 Å². The molecule has 28 heavy (non-hydrogen) atoms. The molecule has 150 valence electrons. The summed E-state index contributed by atoms with van der Waals surface area (Å²) in [7, 11) is 3.30. The molecule has 7 heteroatoms. The second-order valence-corrected chi connectivity index (χ2v) is 6.58. The van der Waals surface area contributed by atoms with Crippen molar-refractivity contribution >= 4 is 5.91 Å². The maximum absolute atomic E-state index is 12.9. The van der Waals surface area contributed by atoms with Gasteiger partial charge < -0.3 is 19.1 Å². The standard InChI is InChI=1S/C21H25FN2O4/c1-26-19-7-8-20(27-2)16(13-19)14-23-9-11-24(12-10-23)21(25)15-28-18-5-3-17(22)4-6-18/h3-8,13H,9-12,14-15H2,1-2H3. The van der Waals surface area contributed by atoms with E-state index in [-0.39, 0.29) is 18.3 Å². The predicted octanol–water partition coefficient (Wildman–Crippen LogP) is 2.57. The highest BCUT2D eigenvalue weighted by Crippen LogP contribution is 2.25. The number of halogens is 1. The summed E-state index contributed by atoms with van der Waals surface area (Å²) >= 11 is 0. The zero-order chi connectivity index (χ0) is 19.9. The van der Waals surface area contributed by atoms with Gasteiger partial charge in [-0.05, 0) is 42.5 Å². The zero-order valence-electron chi connectivity index (χ0n) is 16.2. The Morgan fingerprint density at radius 1 is 0.964 bits per heavy atom. The fourth-order valence-corrected chi connectivity index (χ4v) is 3.17. The van der Waals surface area contributed by atoms with Gasteiger partial charge in [-0.1, -0.05) is 0 Å². The number of hydrogen-bond donors (Lipinski definition) is 0. The molecule has 1 aliphatic rings. The van der Waals surface area contributed by atoms with Gasteiger partial charge in [0.2, 0.25) is 0 Å². The Bertz CT molecular complexity index is 789. The van der Waals surface area contributed by atoms with Crippen LogP contribution < -0.4 is 14.2 Å². The summed E-state index contributed by atoms with van der Waals surface area (Å²) in [6, 6.07) is 11.4. The third-order valence-electron chi connectivity index (χ3n) is 4.78. The zero-order valence-corrected chi connectivity index (χ0v) is 16.2. The highest BCUT2D eigenvalue weighted by atomic mass is 19.1. The number of rotatable bonds is 7. The van der Waals surface area contributed by atoms with E-state index in [0.717, 1.165) is 36.7 Å². The lowest BCUT2D eigenvalue weighted by atomic mass is 10.1. The smallest absolute Gasteiger partial charge is 0.260 e. The molecule has 0 unspecified atom stereocenters. The first-order chi connectivity index (χ1) is 13.6. The van der Waals surface area contributed by atoms with E-state index in [0.29, 0.717) is 18.8 Å². The lowest BCUT2D eigenvalue weighted by Gasteiger charge is -2.35. The second kappa shape index (κ2) is 9.41. The maximum atomic E-state index is 12.9. The van der Waals surface area contributed by atoms with E-state index >= 15 is 0 Å². The lowest BCUT2D eigenvalue weighted by Crippen LogP contribution is -2.49. The van der Waals surface area contributed by atoms with Gasteiger partial charge in [0, 0.05) is 38.3 Å². The Balaban J connectivity index is 1.49. The summed E-state index contributed by atoms with van der Waals surface area (Å²) in [6.45, 7) is 3.49. The molecule has 0 N–H and O–H groups in total. The van der Waals surface area contributed by atoms with E-state index in [1.54, 1.807) is 19.1 Å². The third kappa shape index (κ3) is 5.13. The monoisotopic (exact) mass is 388 g/mol. The average Bonchev–Trinajstić information content (AvgIpc) is 2.73. The first-order valence-electron chi connectivity index (χ1n) is 9.18. The van der Waals surface area contributed by atoms with Crippen LogP contribution >= 0.6 is 0 Å². The van der Waals surface area contributed by atoms with Gasteiger partial charge in [-0.3, -0.25) is 9.69 Å². The van der Waals surface area contributed by atoms with Gasteiger partial charge in [0.05, 0.1) is 14.2 Å². The van der Waals surface area contributed by atoms with Gasteiger partial charge in [-0.25, -0.2) is 4.39 Å². The Kier molecular flexibility index (Phi) is 6.71. The van der Waals surface area contributed by atoms with E-state index in [4.69, 9.17) is 14.2 Å². The fourth-order valence-electron chi connectivity index (χ4n) is 3.17. The minimum Gasteiger partial charge on any atom is -0.497 e. The summed E-state index contributed by atoms with van der Waals surface area (Å²) in [5, 5.41) is 0. The van der Waals surface area contributed by atoms with Crippen LogP contribution in [0.1, 0.15) is 5.56 Å². The van der Waals surface area contributed by atoms with E-state index < -0.39 is 0 Å². The number of hydrogen-bond acceptors (Lipinski definition) is 5. The molecule has 2 aromatic rings. The Labute approximate surface area is 164 Å². The fraction of sp³-hybridized carbons (Fsp3) is 0.381. The Morgan fingerprint density at radius 2 is 1.64 bits per heavy atom. The molecule has 0 aliphatic carbocycles. The van der Waals surface area contributed by atoms with Crippen LogP contribution in [0.25, 0.3) is 0 Å². The second-order valence-electron chi connectivity index (χ2n) is 6.58. The highest BCUT2D eigenvalue weighted by molar-refractivity contribution is 5.77. The summed E-state index contributed by atoms with van der Waals surface area (Å²) in [4.78, 5) is 16.4. The average molecular weight is 388 g/mol. The minimum atomic E-state index is -0.331. The van der Waals surface area contributed by atoms with Gasteiger partial charge in [0.15, 0.2) is 6.61 Å². The molecule has 0 atom stereocenters. The highest BCUT2D eigenvalue weighted by Gasteiger charge is 2.22. The molecule has 1 fully saturated rings. The largest absolute Gasteiger partial charge is 0.497 e. The summed E-state index contributed by atoms with van der Waals surface area (Å²) < 4.78 is 29.1. The van der Waals surface area contributed by atoms with Crippen molar-refractivity contribution in [3.63, 3.8) is 0 Å². The number of amides is 1. The Morgan fingerprint density at radius 3 is 2.29 bits per heavy atom. The van der Waals surface area contributed by atoms with Crippen LogP contribution in [0.4, 0.5) is 4.39 Å². The molecule has 6 nitrogen and oxygen atoms in total. The minimum absolute atomic E-state index is 0.0463. The van der Waals surface area contributed by atoms with Gasteiger partial charge in [0.1, 0.15) is 23.1 Å². The maximum Gasteiger partial charge on any atom is 0.260 e. The number of carbonyl (C=O) groups excluding carboxylic acids is 1. The molecule has 0 spiro atoms. The van der Waals surface area contributed by atoms with Crippen molar-refractivity contribution in [3.8, 4) is 17.2 Å². The summed E-state index contributed by atoms with van der Waals surface area (Å²) in [6.07, 6.45) is 0. The van der Waals surface area contributed by atoms with Gasteiger partial charge >= 0.3 is 0 Å². The van der Waals surface area contributed by atoms with Crippen LogP contribution in [0.5, 0.6) is 17.2 Å². The number of ether oxygens (including phenoxy) is 3. The van der Waals surface area contributed by atoms with Crippen LogP contribution in [0.3, 0.4) is 0 Å². The van der Waals surface area contributed by atoms with Crippen LogP contribution in [0.15, 0.2) is 42.5 Å². The SMILES string of the molecule is COc1ccc(OC)c(CN2CCN(C(=O)COc3ccc(F)cc3)CC2)c1. The van der Waals surface area contributed by atoms with Gasteiger partial charge in [-0.2, -0.15) is 0 Å². The molecule has 1 amide bonds. The molecule has 3 rings (SSSR count). The summed E-state index contributed by atoms with van der Waals surface area (Å²) in [5.41, 5.74) is 1.06. The van der Waals surface area contributed by atoms with Crippen LogP contribution in [-0.4, -0.2) is 62.7 Å². The molecule has 1 aliphatic heterocycles. The van der Waals surface area contributed by atoms with Crippen molar-refractivity contribution in [1.29, 1.82) is 0 Å². The van der Waals surface area contributed by atoms with E-state index in [9.17, 15) is 9.18 Å². The first-order valence-corrected chi connectivity index (χ1v) is 9.18. The van der Waals surface area contributed by atoms with Crippen molar-refractivity contribution in [2.45, 2.75) is 6.54 Å². The van der Waals surface area contributed by atoms with E-state index in [2.05, 4.69) is 4.90 Å². The molecule has 0 radical (unpaired) electrons. The van der Waals surface area contributed by atoms with Crippen molar-refractivity contribution in [2.75, 3.05) is 47.0 Å². The number of piperazine rings is 1. The first kappa shape index (κ1) is 19.9. The molecular formula is C21H25FN2O4. The molecule has 0 saturated carbocycles. The quantitative estimate of drug-likeness (QED) is 0.730. The molecule has 1 heterocycles. The number of carbonyl (C=O) groups is 1. The van der Waals surface area contributed by atoms with Crippen LogP contribution in [0, 0.1) is 5.82 Å². The van der Waals surface area contributed by atoms with E-state index in [1.165, 1.54) is 24.3 Å². The van der Waals surface area contributed by atoms with Crippen LogP contribution in [-0.2, 0) is 11.3 Å². The summed E-state index contributed by atoms with van der Waals surface area (Å²) in [5.74, 6) is 1.71. The third-order valence-corrected chi connectivity index (χ3v) is 4.78. The van der Waals surface area contributed by atoms with Crippen molar-refractivity contribution < 1.29 is 23.4 Å². The molecule has 0 aromatic heterocycles. The van der Waals surface area contributed by atoms with Crippen molar-refractivity contribution in [3.05, 3.63) is 53.8 Å². The number of benzene rings is 2. The topological polar surface area (TPSA) is 51.2 Å².